The Kier molecular flexibility index (Phi) is 9.18. The molecule has 34 heavy (non-hydrogen) atoms. The molecule has 0 bridgehead atoms. The molecule has 3 nitrogen and oxygen atoms in total. The maximum absolute atomic E-state index is 6.09. The number of rotatable bonds is 10. The van der Waals surface area contributed by atoms with Gasteiger partial charge in [0.25, 0.3) is 0 Å². The molecule has 0 aliphatic rings. The number of nitrogens with two attached hydrogens (primary N) is 1. The normalized spacial score (nSPS) is 13.2. The van der Waals surface area contributed by atoms with E-state index in [1.165, 1.54) is 11.8 Å². The third kappa shape index (κ3) is 7.09. The minimum Gasteiger partial charge on any atom is -0.508 e. The van der Waals surface area contributed by atoms with Crippen molar-refractivity contribution in [3.8, 4) is 5.75 Å². The Labute approximate surface area is 223 Å². The van der Waals surface area contributed by atoms with Crippen LogP contribution < -0.4 is 10.5 Å². The Morgan fingerprint density at radius 1 is 0.824 bits per heavy atom. The van der Waals surface area contributed by atoms with Gasteiger partial charge in [0.15, 0.2) is 0 Å². The standard InChI is InChI=1S/C18H12B12N2OS/c19-14(20)15(21,22)16(23,24)33-10-5-6-12(34-13-4-2-1-3-11(13)31)9(7-10)8-32(17(25,26)27)18(28,29)30/h1-7,14H,8,31H2. The molecular formula is C18H12B12N2OS. The van der Waals surface area contributed by atoms with Crippen molar-refractivity contribution in [2.45, 2.75) is 43.1 Å². The average molecular weight is 434 g/mol. The van der Waals surface area contributed by atoms with Gasteiger partial charge in [0.1, 0.15) is 21.4 Å². The number of nitrogen functional groups attached to an aromatic ring is 1. The first-order valence-electron chi connectivity index (χ1n) is 9.88. The molecule has 0 spiro atoms. The first kappa shape index (κ1) is 29.4. The molecule has 0 aliphatic heterocycles. The van der Waals surface area contributed by atoms with Gasteiger partial charge in [-0.2, -0.15) is 0 Å². The van der Waals surface area contributed by atoms with E-state index in [2.05, 4.69) is 0 Å². The smallest absolute Gasteiger partial charge is 0.118 e. The van der Waals surface area contributed by atoms with Crippen LogP contribution in [0.5, 0.6) is 5.75 Å². The minimum absolute atomic E-state index is 0.117. The molecule has 24 radical (unpaired) electrons. The Balaban J connectivity index is 2.54. The minimum atomic E-state index is -2.16. The molecule has 0 saturated heterocycles. The summed E-state index contributed by atoms with van der Waals surface area (Å²) in [4.78, 5) is 2.53. The van der Waals surface area contributed by atoms with Crippen molar-refractivity contribution in [2.75, 3.05) is 5.73 Å². The summed E-state index contributed by atoms with van der Waals surface area (Å²) in [5.74, 6) is 0.152. The highest BCUT2D eigenvalue weighted by atomic mass is 32.2. The number of para-hydroxylation sites is 1. The maximum Gasteiger partial charge on any atom is 0.118 e. The molecule has 2 aromatic rings. The highest BCUT2D eigenvalue weighted by Gasteiger charge is 2.38. The third-order valence-electron chi connectivity index (χ3n) is 4.95. The van der Waals surface area contributed by atoms with Crippen LogP contribution in [0, 0.1) is 0 Å². The number of hydrogen-bond donors (Lipinski definition) is 1. The van der Waals surface area contributed by atoms with Crippen molar-refractivity contribution >= 4 is 112 Å². The van der Waals surface area contributed by atoms with Crippen molar-refractivity contribution < 1.29 is 4.74 Å². The lowest BCUT2D eigenvalue weighted by molar-refractivity contribution is 0.218. The molecule has 16 heteroatoms. The Bertz CT molecular complexity index is 980. The molecular weight excluding hydrogens is 422 g/mol. The highest BCUT2D eigenvalue weighted by Crippen LogP contribution is 2.41. The second-order valence-electron chi connectivity index (χ2n) is 8.12. The second kappa shape index (κ2) is 10.6. The van der Waals surface area contributed by atoms with Crippen LogP contribution in [-0.4, -0.2) is 115 Å². The van der Waals surface area contributed by atoms with E-state index in [4.69, 9.17) is 105 Å². The topological polar surface area (TPSA) is 38.5 Å². The van der Waals surface area contributed by atoms with Crippen LogP contribution in [0.4, 0.5) is 5.69 Å². The van der Waals surface area contributed by atoms with E-state index in [0.29, 0.717) is 16.1 Å². The average Bonchev–Trinajstić information content (AvgIpc) is 2.67. The fraction of sp³-hybridized carbons (Fsp3) is 0.333. The zero-order valence-electron chi connectivity index (χ0n) is 18.6. The zero-order chi connectivity index (χ0) is 26.1. The predicted octanol–water partition coefficient (Wildman–Crippen LogP) is -1.64. The van der Waals surface area contributed by atoms with Gasteiger partial charge in [-0.25, -0.2) is 0 Å². The molecule has 0 amide bonds. The van der Waals surface area contributed by atoms with Crippen molar-refractivity contribution in [3.05, 3.63) is 48.0 Å². The van der Waals surface area contributed by atoms with Gasteiger partial charge in [-0.15, -0.1) is 5.72 Å². The van der Waals surface area contributed by atoms with Crippen molar-refractivity contribution in [2.24, 2.45) is 0 Å². The molecule has 0 aromatic heterocycles. The molecule has 0 unspecified atom stereocenters. The number of benzene rings is 2. The predicted molar refractivity (Wildman–Crippen MR) is 151 cm³/mol. The van der Waals surface area contributed by atoms with Gasteiger partial charge in [0.05, 0.1) is 78.5 Å². The van der Waals surface area contributed by atoms with Gasteiger partial charge in [0, 0.05) is 27.4 Å². The summed E-state index contributed by atoms with van der Waals surface area (Å²) in [5, 5.41) is -8.11. The van der Waals surface area contributed by atoms with Crippen LogP contribution in [0.2, 0.25) is 10.9 Å². The Hall–Kier alpha value is -0.871. The third-order valence-corrected chi connectivity index (χ3v) is 6.16. The molecule has 2 aromatic carbocycles. The SMILES string of the molecule is [B]C([B])C([B])([B])C([B])([B])Oc1ccc(Sc2ccccc2N)c(CN(C([B])([B])[B])C([B])([B])[B])c1. The van der Waals surface area contributed by atoms with E-state index in [1.54, 1.807) is 24.3 Å². The fourth-order valence-electron chi connectivity index (χ4n) is 2.86. The summed E-state index contributed by atoms with van der Waals surface area (Å²) < 4.78 is 5.66. The molecule has 0 saturated carbocycles. The number of anilines is 1. The lowest BCUT2D eigenvalue weighted by Crippen LogP contribution is -2.63. The summed E-state index contributed by atoms with van der Waals surface area (Å²) in [6.07, 6.45) is 0. The van der Waals surface area contributed by atoms with E-state index < -0.39 is 26.8 Å². The Morgan fingerprint density at radius 3 is 1.88 bits per heavy atom. The van der Waals surface area contributed by atoms with Crippen LogP contribution in [0.25, 0.3) is 0 Å². The molecule has 142 valence electrons. The number of hydrogen-bond acceptors (Lipinski definition) is 4. The van der Waals surface area contributed by atoms with Gasteiger partial charge >= 0.3 is 0 Å². The van der Waals surface area contributed by atoms with E-state index >= 15 is 0 Å². The molecule has 0 aliphatic carbocycles. The highest BCUT2D eigenvalue weighted by molar-refractivity contribution is 7.99. The molecule has 0 heterocycles. The van der Waals surface area contributed by atoms with E-state index in [1.807, 2.05) is 18.2 Å². The van der Waals surface area contributed by atoms with Crippen molar-refractivity contribution in [1.82, 2.24) is 4.90 Å². The maximum atomic E-state index is 6.09. The lowest BCUT2D eigenvalue weighted by atomic mass is 9.26. The summed E-state index contributed by atoms with van der Waals surface area (Å²) in [6, 6.07) is 12.1. The van der Waals surface area contributed by atoms with Gasteiger partial charge in [-0.3, -0.25) is 0 Å². The zero-order valence-corrected chi connectivity index (χ0v) is 19.4. The fourth-order valence-corrected chi connectivity index (χ4v) is 3.82. The van der Waals surface area contributed by atoms with Gasteiger partial charge in [0.2, 0.25) is 0 Å². The molecule has 0 atom stereocenters. The second-order valence-corrected chi connectivity index (χ2v) is 9.21. The van der Waals surface area contributed by atoms with Crippen LogP contribution >= 0.6 is 11.8 Å². The van der Waals surface area contributed by atoms with Crippen molar-refractivity contribution in [3.63, 3.8) is 0 Å². The quantitative estimate of drug-likeness (QED) is 0.360. The molecule has 2 N–H and O–H groups in total. The van der Waals surface area contributed by atoms with Crippen LogP contribution in [-0.2, 0) is 6.54 Å². The summed E-state index contributed by atoms with van der Waals surface area (Å²) in [7, 11) is 70.1. The summed E-state index contributed by atoms with van der Waals surface area (Å²) >= 11 is 1.34. The largest absolute Gasteiger partial charge is 0.508 e. The van der Waals surface area contributed by atoms with Gasteiger partial charge in [-0.1, -0.05) is 39.6 Å². The van der Waals surface area contributed by atoms with Crippen LogP contribution in [0.15, 0.2) is 52.3 Å². The lowest BCUT2D eigenvalue weighted by Gasteiger charge is -2.49. The number of ether oxygens (including phenoxy) is 1. The molecule has 0 fully saturated rings. The van der Waals surface area contributed by atoms with E-state index in [-0.39, 0.29) is 12.3 Å². The van der Waals surface area contributed by atoms with Gasteiger partial charge < -0.3 is 15.4 Å². The van der Waals surface area contributed by atoms with Gasteiger partial charge in [-0.05, 0) is 35.9 Å². The van der Waals surface area contributed by atoms with Crippen LogP contribution in [0.1, 0.15) is 5.56 Å². The van der Waals surface area contributed by atoms with E-state index in [0.717, 1.165) is 9.80 Å². The molecule has 2 rings (SSSR count). The first-order valence-corrected chi connectivity index (χ1v) is 10.7. The Morgan fingerprint density at radius 2 is 1.38 bits per heavy atom. The van der Waals surface area contributed by atoms with Crippen LogP contribution in [0.3, 0.4) is 0 Å². The summed E-state index contributed by atoms with van der Waals surface area (Å²) in [6.45, 7) is -0.117. The summed E-state index contributed by atoms with van der Waals surface area (Å²) in [5.41, 5.74) is 5.87. The monoisotopic (exact) mass is 436 g/mol. The number of nitrogens with zero attached hydrogens (tertiary/aromatic N) is 1. The van der Waals surface area contributed by atoms with Crippen molar-refractivity contribution in [1.29, 1.82) is 0 Å². The van der Waals surface area contributed by atoms with E-state index in [9.17, 15) is 0 Å². The first-order chi connectivity index (χ1) is 15.4.